The standard InChI is InChI=1S/C13H17BrN2/c1-11(2)16(9-5-8-15)10-12-6-3-4-7-13(12)14/h3-4,6-7,11H,5,9-10H2,1-2H3. The van der Waals surface area contributed by atoms with Crippen molar-refractivity contribution in [2.45, 2.75) is 32.9 Å². The minimum atomic E-state index is 0.459. The van der Waals surface area contributed by atoms with Crippen LogP contribution < -0.4 is 0 Å². The molecule has 0 atom stereocenters. The van der Waals surface area contributed by atoms with Gasteiger partial charge in [-0.1, -0.05) is 34.1 Å². The van der Waals surface area contributed by atoms with Gasteiger partial charge in [0.05, 0.1) is 6.07 Å². The zero-order chi connectivity index (χ0) is 12.0. The van der Waals surface area contributed by atoms with E-state index in [0.717, 1.165) is 17.6 Å². The van der Waals surface area contributed by atoms with E-state index in [1.54, 1.807) is 0 Å². The Morgan fingerprint density at radius 1 is 1.38 bits per heavy atom. The molecule has 16 heavy (non-hydrogen) atoms. The minimum absolute atomic E-state index is 0.459. The van der Waals surface area contributed by atoms with Crippen LogP contribution in [0.3, 0.4) is 0 Å². The molecule has 0 saturated carbocycles. The second kappa shape index (κ2) is 6.67. The molecular weight excluding hydrogens is 264 g/mol. The molecule has 0 aliphatic rings. The maximum Gasteiger partial charge on any atom is 0.0635 e. The van der Waals surface area contributed by atoms with Crippen molar-refractivity contribution < 1.29 is 0 Å². The fourth-order valence-electron chi connectivity index (χ4n) is 1.56. The van der Waals surface area contributed by atoms with E-state index in [1.807, 2.05) is 12.1 Å². The number of nitrogens with zero attached hydrogens (tertiary/aromatic N) is 2. The molecule has 0 N–H and O–H groups in total. The largest absolute Gasteiger partial charge is 0.296 e. The first-order valence-corrected chi connectivity index (χ1v) is 6.29. The lowest BCUT2D eigenvalue weighted by molar-refractivity contribution is 0.217. The molecule has 0 radical (unpaired) electrons. The number of nitriles is 1. The van der Waals surface area contributed by atoms with Crippen LogP contribution in [0.15, 0.2) is 28.7 Å². The summed E-state index contributed by atoms with van der Waals surface area (Å²) in [5.41, 5.74) is 1.27. The molecule has 0 amide bonds. The van der Waals surface area contributed by atoms with Gasteiger partial charge in [-0.15, -0.1) is 0 Å². The molecule has 0 aromatic heterocycles. The van der Waals surface area contributed by atoms with Crippen molar-refractivity contribution in [2.75, 3.05) is 6.54 Å². The third kappa shape index (κ3) is 3.96. The van der Waals surface area contributed by atoms with Gasteiger partial charge in [0.25, 0.3) is 0 Å². The van der Waals surface area contributed by atoms with Crippen molar-refractivity contribution in [2.24, 2.45) is 0 Å². The highest BCUT2D eigenvalue weighted by Gasteiger charge is 2.10. The molecule has 0 spiro atoms. The summed E-state index contributed by atoms with van der Waals surface area (Å²) in [6, 6.07) is 10.9. The van der Waals surface area contributed by atoms with E-state index in [2.05, 4.69) is 52.9 Å². The van der Waals surface area contributed by atoms with E-state index in [1.165, 1.54) is 5.56 Å². The van der Waals surface area contributed by atoms with Crippen molar-refractivity contribution in [1.29, 1.82) is 5.26 Å². The molecule has 3 heteroatoms. The SMILES string of the molecule is CC(C)N(CCC#N)Cc1ccccc1Br. The Hall–Kier alpha value is -0.850. The first-order chi connectivity index (χ1) is 7.65. The fraction of sp³-hybridized carbons (Fsp3) is 0.462. The highest BCUT2D eigenvalue weighted by Crippen LogP contribution is 2.18. The molecule has 0 fully saturated rings. The Morgan fingerprint density at radius 3 is 2.62 bits per heavy atom. The molecule has 1 aromatic rings. The summed E-state index contributed by atoms with van der Waals surface area (Å²) in [5, 5.41) is 8.63. The zero-order valence-electron chi connectivity index (χ0n) is 9.78. The summed E-state index contributed by atoms with van der Waals surface area (Å²) < 4.78 is 1.14. The Kier molecular flexibility index (Phi) is 5.51. The second-order valence-electron chi connectivity index (χ2n) is 4.06. The zero-order valence-corrected chi connectivity index (χ0v) is 11.4. The minimum Gasteiger partial charge on any atom is -0.296 e. The van der Waals surface area contributed by atoms with E-state index < -0.39 is 0 Å². The number of halogens is 1. The molecule has 1 rings (SSSR count). The monoisotopic (exact) mass is 280 g/mol. The fourth-order valence-corrected chi connectivity index (χ4v) is 1.97. The smallest absolute Gasteiger partial charge is 0.0635 e. The second-order valence-corrected chi connectivity index (χ2v) is 4.92. The van der Waals surface area contributed by atoms with Crippen LogP contribution in [0, 0.1) is 11.3 Å². The topological polar surface area (TPSA) is 27.0 Å². The molecule has 0 unspecified atom stereocenters. The third-order valence-electron chi connectivity index (χ3n) is 2.57. The summed E-state index contributed by atoms with van der Waals surface area (Å²) in [6.45, 7) is 6.04. The van der Waals surface area contributed by atoms with Gasteiger partial charge in [-0.2, -0.15) is 5.26 Å². The van der Waals surface area contributed by atoms with Gasteiger partial charge < -0.3 is 0 Å². The molecule has 0 aliphatic heterocycles. The van der Waals surface area contributed by atoms with E-state index >= 15 is 0 Å². The van der Waals surface area contributed by atoms with Crippen LogP contribution in [0.25, 0.3) is 0 Å². The van der Waals surface area contributed by atoms with Gasteiger partial charge in [-0.05, 0) is 25.5 Å². The summed E-state index contributed by atoms with van der Waals surface area (Å²) >= 11 is 3.55. The first kappa shape index (κ1) is 13.2. The van der Waals surface area contributed by atoms with Gasteiger partial charge in [0.15, 0.2) is 0 Å². The van der Waals surface area contributed by atoms with E-state index in [-0.39, 0.29) is 0 Å². The van der Waals surface area contributed by atoms with Crippen LogP contribution in [0.1, 0.15) is 25.8 Å². The Labute approximate surface area is 106 Å². The number of rotatable bonds is 5. The molecule has 86 valence electrons. The summed E-state index contributed by atoms with van der Waals surface area (Å²) in [6.07, 6.45) is 0.586. The van der Waals surface area contributed by atoms with E-state index in [4.69, 9.17) is 5.26 Å². The molecule has 0 saturated heterocycles. The van der Waals surface area contributed by atoms with Crippen LogP contribution in [0.2, 0.25) is 0 Å². The van der Waals surface area contributed by atoms with Crippen LogP contribution in [-0.2, 0) is 6.54 Å². The van der Waals surface area contributed by atoms with E-state index in [0.29, 0.717) is 12.5 Å². The summed E-state index contributed by atoms with van der Waals surface area (Å²) in [7, 11) is 0. The number of hydrogen-bond donors (Lipinski definition) is 0. The van der Waals surface area contributed by atoms with Crippen LogP contribution >= 0.6 is 15.9 Å². The van der Waals surface area contributed by atoms with Gasteiger partial charge in [0.1, 0.15) is 0 Å². The van der Waals surface area contributed by atoms with Gasteiger partial charge in [-0.3, -0.25) is 4.90 Å². The molecule has 1 aromatic carbocycles. The quantitative estimate of drug-likeness (QED) is 0.825. The molecule has 0 aliphatic carbocycles. The van der Waals surface area contributed by atoms with Crippen molar-refractivity contribution in [3.63, 3.8) is 0 Å². The maximum atomic E-state index is 8.63. The lowest BCUT2D eigenvalue weighted by Crippen LogP contribution is -2.31. The number of benzene rings is 1. The lowest BCUT2D eigenvalue weighted by atomic mass is 10.2. The molecule has 0 heterocycles. The third-order valence-corrected chi connectivity index (χ3v) is 3.35. The Bertz CT molecular complexity index is 368. The number of hydrogen-bond acceptors (Lipinski definition) is 2. The van der Waals surface area contributed by atoms with E-state index in [9.17, 15) is 0 Å². The highest BCUT2D eigenvalue weighted by atomic mass is 79.9. The van der Waals surface area contributed by atoms with Crippen LogP contribution in [-0.4, -0.2) is 17.5 Å². The lowest BCUT2D eigenvalue weighted by Gasteiger charge is -2.25. The predicted octanol–water partition coefficient (Wildman–Crippen LogP) is 3.57. The average Bonchev–Trinajstić information content (AvgIpc) is 2.26. The van der Waals surface area contributed by atoms with Gasteiger partial charge in [0, 0.05) is 30.0 Å². The summed E-state index contributed by atoms with van der Waals surface area (Å²) in [5.74, 6) is 0. The Morgan fingerprint density at radius 2 is 2.06 bits per heavy atom. The summed E-state index contributed by atoms with van der Waals surface area (Å²) in [4.78, 5) is 2.31. The molecule has 0 bridgehead atoms. The van der Waals surface area contributed by atoms with Crippen LogP contribution in [0.5, 0.6) is 0 Å². The highest BCUT2D eigenvalue weighted by molar-refractivity contribution is 9.10. The Balaban J connectivity index is 2.69. The van der Waals surface area contributed by atoms with Crippen molar-refractivity contribution in [3.8, 4) is 6.07 Å². The molecule has 2 nitrogen and oxygen atoms in total. The van der Waals surface area contributed by atoms with Gasteiger partial charge in [0.2, 0.25) is 0 Å². The van der Waals surface area contributed by atoms with Crippen molar-refractivity contribution in [3.05, 3.63) is 34.3 Å². The molecular formula is C13H17BrN2. The first-order valence-electron chi connectivity index (χ1n) is 5.49. The van der Waals surface area contributed by atoms with Crippen molar-refractivity contribution >= 4 is 15.9 Å². The average molecular weight is 281 g/mol. The van der Waals surface area contributed by atoms with Gasteiger partial charge >= 0.3 is 0 Å². The maximum absolute atomic E-state index is 8.63. The van der Waals surface area contributed by atoms with Crippen LogP contribution in [0.4, 0.5) is 0 Å². The normalized spacial score (nSPS) is 10.8. The van der Waals surface area contributed by atoms with Crippen molar-refractivity contribution in [1.82, 2.24) is 4.90 Å². The van der Waals surface area contributed by atoms with Gasteiger partial charge in [-0.25, -0.2) is 0 Å². The predicted molar refractivity (Wildman–Crippen MR) is 69.9 cm³/mol.